The Hall–Kier alpha value is -3.15. The van der Waals surface area contributed by atoms with Crippen LogP contribution < -0.4 is 5.32 Å². The van der Waals surface area contributed by atoms with Gasteiger partial charge in [-0.1, -0.05) is 18.2 Å². The molecule has 132 valence electrons. The molecule has 26 heavy (non-hydrogen) atoms. The number of carboxylic acids is 1. The summed E-state index contributed by atoms with van der Waals surface area (Å²) >= 11 is 0. The van der Waals surface area contributed by atoms with Crippen molar-refractivity contribution >= 4 is 35.0 Å². The number of rotatable bonds is 3. The second-order valence-electron chi connectivity index (χ2n) is 6.70. The van der Waals surface area contributed by atoms with Crippen LogP contribution in [-0.2, 0) is 16.0 Å². The van der Waals surface area contributed by atoms with Crippen LogP contribution >= 0.6 is 0 Å². The molecule has 1 atom stereocenters. The summed E-state index contributed by atoms with van der Waals surface area (Å²) < 4.78 is 0. The molecule has 1 aliphatic carbocycles. The summed E-state index contributed by atoms with van der Waals surface area (Å²) in [6.45, 7) is 1.57. The van der Waals surface area contributed by atoms with Gasteiger partial charge in [0.2, 0.25) is 0 Å². The molecular formula is C20H18N2O4. The van der Waals surface area contributed by atoms with Gasteiger partial charge in [-0.05, 0) is 31.9 Å². The Morgan fingerprint density at radius 3 is 2.77 bits per heavy atom. The number of nitrogens with one attached hydrogen (secondary N) is 2. The molecule has 0 saturated carbocycles. The van der Waals surface area contributed by atoms with Crippen molar-refractivity contribution in [2.75, 3.05) is 5.32 Å². The second-order valence-corrected chi connectivity index (χ2v) is 6.70. The largest absolute Gasteiger partial charge is 0.481 e. The Morgan fingerprint density at radius 2 is 2.00 bits per heavy atom. The van der Waals surface area contributed by atoms with Crippen LogP contribution in [0.1, 0.15) is 58.6 Å². The lowest BCUT2D eigenvalue weighted by Crippen LogP contribution is -2.15. The zero-order valence-corrected chi connectivity index (χ0v) is 14.3. The van der Waals surface area contributed by atoms with Crippen LogP contribution in [0.15, 0.2) is 24.3 Å². The first-order valence-electron chi connectivity index (χ1n) is 8.60. The molecule has 2 heterocycles. The molecule has 0 radical (unpaired) electrons. The van der Waals surface area contributed by atoms with Gasteiger partial charge in [0.1, 0.15) is 0 Å². The highest BCUT2D eigenvalue weighted by atomic mass is 16.4. The minimum absolute atomic E-state index is 0.0356. The number of aromatic amines is 1. The number of anilines is 1. The number of H-pyrrole nitrogens is 1. The fourth-order valence-corrected chi connectivity index (χ4v) is 3.76. The Balaban J connectivity index is 1.91. The van der Waals surface area contributed by atoms with Crippen LogP contribution in [0.5, 0.6) is 0 Å². The highest BCUT2D eigenvalue weighted by molar-refractivity contribution is 6.35. The van der Waals surface area contributed by atoms with E-state index in [2.05, 4.69) is 10.3 Å². The van der Waals surface area contributed by atoms with E-state index in [1.54, 1.807) is 13.0 Å². The number of aryl methyl sites for hydroxylation is 1. The Morgan fingerprint density at radius 1 is 1.23 bits per heavy atom. The summed E-state index contributed by atoms with van der Waals surface area (Å²) in [4.78, 5) is 39.6. The number of aliphatic carboxylic acids is 1. The number of amides is 1. The quantitative estimate of drug-likeness (QED) is 0.740. The van der Waals surface area contributed by atoms with E-state index in [4.69, 9.17) is 0 Å². The van der Waals surface area contributed by atoms with Gasteiger partial charge < -0.3 is 15.4 Å². The molecule has 6 nitrogen and oxygen atoms in total. The molecule has 1 unspecified atom stereocenters. The number of aromatic nitrogens is 1. The summed E-state index contributed by atoms with van der Waals surface area (Å²) in [5, 5.41) is 12.3. The number of carbonyl (C=O) groups excluding carboxylic acids is 2. The highest BCUT2D eigenvalue weighted by Crippen LogP contribution is 2.37. The Labute approximate surface area is 149 Å². The summed E-state index contributed by atoms with van der Waals surface area (Å²) in [7, 11) is 0. The number of hydrogen-bond donors (Lipinski definition) is 3. The molecule has 4 rings (SSSR count). The van der Waals surface area contributed by atoms with E-state index in [-0.39, 0.29) is 11.7 Å². The Bertz CT molecular complexity index is 984. The van der Waals surface area contributed by atoms with Crippen molar-refractivity contribution in [1.29, 1.82) is 0 Å². The standard InChI is InChI=1S/C20H18N2O4/c1-10(20(25)26)17-15(21-14-7-4-8-16(23)18(14)17)9-12-11-5-2-3-6-13(11)22-19(12)24/h2-3,5-6,9-10,21H,4,7-8H2,1H3,(H,22,24)(H,25,26)/b12-9-. The molecule has 3 N–H and O–H groups in total. The molecular weight excluding hydrogens is 332 g/mol. The number of carbonyl (C=O) groups is 3. The third kappa shape index (κ3) is 2.45. The molecule has 1 aromatic carbocycles. The number of benzene rings is 1. The fourth-order valence-electron chi connectivity index (χ4n) is 3.76. The van der Waals surface area contributed by atoms with Crippen LogP contribution in [0.25, 0.3) is 11.6 Å². The van der Waals surface area contributed by atoms with E-state index in [1.807, 2.05) is 24.3 Å². The van der Waals surface area contributed by atoms with Gasteiger partial charge >= 0.3 is 5.97 Å². The predicted molar refractivity (Wildman–Crippen MR) is 97.1 cm³/mol. The maximum Gasteiger partial charge on any atom is 0.310 e. The molecule has 0 spiro atoms. The SMILES string of the molecule is CC(C(=O)O)c1c(/C=C2\C(=O)Nc3ccccc32)[nH]c2c1C(=O)CCC2. The molecule has 1 aromatic heterocycles. The van der Waals surface area contributed by atoms with Crippen LogP contribution in [0, 0.1) is 0 Å². The highest BCUT2D eigenvalue weighted by Gasteiger charge is 2.32. The number of fused-ring (bicyclic) bond motifs is 2. The predicted octanol–water partition coefficient (Wildman–Crippen LogP) is 3.21. The van der Waals surface area contributed by atoms with Gasteiger partial charge in [-0.25, -0.2) is 0 Å². The summed E-state index contributed by atoms with van der Waals surface area (Å²) in [6.07, 6.45) is 3.53. The summed E-state index contributed by atoms with van der Waals surface area (Å²) in [6, 6.07) is 7.34. The first kappa shape index (κ1) is 16.3. The van der Waals surface area contributed by atoms with Gasteiger partial charge in [0.15, 0.2) is 5.78 Å². The minimum Gasteiger partial charge on any atom is -0.481 e. The second kappa shape index (κ2) is 5.98. The topological polar surface area (TPSA) is 99.3 Å². The summed E-state index contributed by atoms with van der Waals surface area (Å²) in [5.74, 6) is -2.12. The first-order chi connectivity index (χ1) is 12.5. The van der Waals surface area contributed by atoms with E-state index >= 15 is 0 Å². The van der Waals surface area contributed by atoms with E-state index in [0.717, 1.165) is 23.4 Å². The van der Waals surface area contributed by atoms with Gasteiger partial charge in [-0.3, -0.25) is 14.4 Å². The van der Waals surface area contributed by atoms with Gasteiger partial charge in [0.05, 0.1) is 11.5 Å². The van der Waals surface area contributed by atoms with Gasteiger partial charge in [-0.15, -0.1) is 0 Å². The average Bonchev–Trinajstić information content (AvgIpc) is 3.13. The maximum atomic E-state index is 12.4. The Kier molecular flexibility index (Phi) is 3.76. The van der Waals surface area contributed by atoms with Crippen molar-refractivity contribution in [3.8, 4) is 0 Å². The van der Waals surface area contributed by atoms with Crippen molar-refractivity contribution in [2.24, 2.45) is 0 Å². The van der Waals surface area contributed by atoms with Crippen LogP contribution in [0.4, 0.5) is 5.69 Å². The third-order valence-corrected chi connectivity index (χ3v) is 5.06. The first-order valence-corrected chi connectivity index (χ1v) is 8.60. The lowest BCUT2D eigenvalue weighted by Gasteiger charge is -2.14. The number of hydrogen-bond acceptors (Lipinski definition) is 3. The van der Waals surface area contributed by atoms with Crippen molar-refractivity contribution < 1.29 is 19.5 Å². The molecule has 2 aromatic rings. The third-order valence-electron chi connectivity index (χ3n) is 5.06. The van der Waals surface area contributed by atoms with Gasteiger partial charge in [-0.2, -0.15) is 0 Å². The van der Waals surface area contributed by atoms with Crippen molar-refractivity contribution in [2.45, 2.75) is 32.1 Å². The number of Topliss-reactive ketones (excluding diaryl/α,β-unsaturated/α-hetero) is 1. The number of para-hydroxylation sites is 1. The van der Waals surface area contributed by atoms with Crippen molar-refractivity contribution in [3.05, 3.63) is 52.3 Å². The zero-order chi connectivity index (χ0) is 18.4. The van der Waals surface area contributed by atoms with E-state index < -0.39 is 11.9 Å². The molecule has 1 aliphatic heterocycles. The van der Waals surface area contributed by atoms with Crippen molar-refractivity contribution in [1.82, 2.24) is 4.98 Å². The van der Waals surface area contributed by atoms with Gasteiger partial charge in [0.25, 0.3) is 5.91 Å². The lowest BCUT2D eigenvalue weighted by atomic mass is 9.87. The fraction of sp³-hybridized carbons (Fsp3) is 0.250. The molecule has 0 saturated heterocycles. The minimum atomic E-state index is -0.999. The molecule has 6 heteroatoms. The number of carboxylic acid groups (broad SMARTS) is 1. The van der Waals surface area contributed by atoms with Crippen LogP contribution in [0.2, 0.25) is 0 Å². The normalized spacial score (nSPS) is 18.4. The van der Waals surface area contributed by atoms with Crippen LogP contribution in [-0.4, -0.2) is 27.8 Å². The van der Waals surface area contributed by atoms with Crippen molar-refractivity contribution in [3.63, 3.8) is 0 Å². The number of ketones is 1. The smallest absolute Gasteiger partial charge is 0.310 e. The molecule has 2 aliphatic rings. The monoisotopic (exact) mass is 350 g/mol. The molecule has 0 fully saturated rings. The maximum absolute atomic E-state index is 12.4. The summed E-state index contributed by atoms with van der Waals surface area (Å²) in [5.41, 5.74) is 4.22. The van der Waals surface area contributed by atoms with E-state index in [9.17, 15) is 19.5 Å². The van der Waals surface area contributed by atoms with E-state index in [0.29, 0.717) is 35.2 Å². The van der Waals surface area contributed by atoms with E-state index in [1.165, 1.54) is 0 Å². The lowest BCUT2D eigenvalue weighted by molar-refractivity contribution is -0.138. The molecule has 1 amide bonds. The zero-order valence-electron chi connectivity index (χ0n) is 14.3. The van der Waals surface area contributed by atoms with Crippen LogP contribution in [0.3, 0.4) is 0 Å². The molecule has 0 bridgehead atoms. The average molecular weight is 350 g/mol. The van der Waals surface area contributed by atoms with Gasteiger partial charge in [0, 0.05) is 40.2 Å².